The second-order valence-electron chi connectivity index (χ2n) is 3.50. The van der Waals surface area contributed by atoms with Crippen LogP contribution >= 0.6 is 0 Å². The summed E-state index contributed by atoms with van der Waals surface area (Å²) in [6.07, 6.45) is 0. The summed E-state index contributed by atoms with van der Waals surface area (Å²) in [5.41, 5.74) is 0.597. The molecule has 0 aliphatic carbocycles. The van der Waals surface area contributed by atoms with Gasteiger partial charge in [-0.25, -0.2) is 0 Å². The molecule has 1 aliphatic heterocycles. The lowest BCUT2D eigenvalue weighted by Crippen LogP contribution is -2.22. The minimum absolute atomic E-state index is 0.0735. The van der Waals surface area contributed by atoms with Gasteiger partial charge in [-0.05, 0) is 19.1 Å². The standard InChI is InChI=1S/C11H14O4/c1-11(14-6-7-15-11)8-4-3-5-9(13-2)10(8)12/h3-5,12H,6-7H2,1-2H3. The van der Waals surface area contributed by atoms with E-state index in [-0.39, 0.29) is 5.75 Å². The van der Waals surface area contributed by atoms with E-state index in [0.717, 1.165) is 0 Å². The largest absolute Gasteiger partial charge is 0.504 e. The zero-order chi connectivity index (χ0) is 10.9. The molecule has 0 bridgehead atoms. The Kier molecular flexibility index (Phi) is 2.54. The van der Waals surface area contributed by atoms with Crippen molar-refractivity contribution >= 4 is 0 Å². The second-order valence-corrected chi connectivity index (χ2v) is 3.50. The van der Waals surface area contributed by atoms with E-state index < -0.39 is 5.79 Å². The van der Waals surface area contributed by atoms with Gasteiger partial charge >= 0.3 is 0 Å². The molecule has 1 aromatic carbocycles. The number of ether oxygens (including phenoxy) is 3. The summed E-state index contributed by atoms with van der Waals surface area (Å²) in [4.78, 5) is 0. The number of benzene rings is 1. The number of aromatic hydroxyl groups is 1. The molecule has 0 amide bonds. The van der Waals surface area contributed by atoms with Crippen molar-refractivity contribution in [1.82, 2.24) is 0 Å². The maximum atomic E-state index is 9.93. The van der Waals surface area contributed by atoms with Crippen LogP contribution in [-0.2, 0) is 15.3 Å². The average molecular weight is 210 g/mol. The SMILES string of the molecule is COc1cccc(C2(C)OCCO2)c1O. The van der Waals surface area contributed by atoms with E-state index in [1.165, 1.54) is 7.11 Å². The molecule has 1 aromatic rings. The molecule has 4 heteroatoms. The topological polar surface area (TPSA) is 47.9 Å². The fourth-order valence-corrected chi connectivity index (χ4v) is 1.72. The van der Waals surface area contributed by atoms with Gasteiger partial charge in [0, 0.05) is 0 Å². The zero-order valence-electron chi connectivity index (χ0n) is 8.82. The van der Waals surface area contributed by atoms with Gasteiger partial charge in [-0.3, -0.25) is 0 Å². The molecule has 1 fully saturated rings. The minimum Gasteiger partial charge on any atom is -0.504 e. The Morgan fingerprint density at radius 1 is 1.33 bits per heavy atom. The molecule has 4 nitrogen and oxygen atoms in total. The van der Waals surface area contributed by atoms with Crippen LogP contribution in [0.3, 0.4) is 0 Å². The molecule has 0 saturated carbocycles. The van der Waals surface area contributed by atoms with Gasteiger partial charge in [0.2, 0.25) is 0 Å². The third kappa shape index (κ3) is 1.66. The Balaban J connectivity index is 2.43. The quantitative estimate of drug-likeness (QED) is 0.805. The first-order valence-corrected chi connectivity index (χ1v) is 4.82. The third-order valence-corrected chi connectivity index (χ3v) is 2.55. The third-order valence-electron chi connectivity index (χ3n) is 2.55. The Bertz CT molecular complexity index is 356. The average Bonchev–Trinajstić information content (AvgIpc) is 2.66. The van der Waals surface area contributed by atoms with Crippen molar-refractivity contribution in [3.8, 4) is 11.5 Å². The van der Waals surface area contributed by atoms with Gasteiger partial charge < -0.3 is 19.3 Å². The highest BCUT2D eigenvalue weighted by Crippen LogP contribution is 2.40. The van der Waals surface area contributed by atoms with E-state index in [4.69, 9.17) is 14.2 Å². The minimum atomic E-state index is -0.862. The molecule has 15 heavy (non-hydrogen) atoms. The Morgan fingerprint density at radius 3 is 2.60 bits per heavy atom. The van der Waals surface area contributed by atoms with Crippen LogP contribution in [0.1, 0.15) is 12.5 Å². The highest BCUT2D eigenvalue weighted by molar-refractivity contribution is 5.47. The monoisotopic (exact) mass is 210 g/mol. The highest BCUT2D eigenvalue weighted by Gasteiger charge is 2.36. The summed E-state index contributed by atoms with van der Waals surface area (Å²) in [5, 5.41) is 9.93. The summed E-state index contributed by atoms with van der Waals surface area (Å²) in [6, 6.07) is 5.25. The number of phenols is 1. The van der Waals surface area contributed by atoms with Crippen molar-refractivity contribution in [2.24, 2.45) is 0 Å². The fraction of sp³-hybridized carbons (Fsp3) is 0.455. The van der Waals surface area contributed by atoms with Gasteiger partial charge in [0.25, 0.3) is 0 Å². The van der Waals surface area contributed by atoms with Gasteiger partial charge in [-0.15, -0.1) is 0 Å². The fourth-order valence-electron chi connectivity index (χ4n) is 1.72. The summed E-state index contributed by atoms with van der Waals surface area (Å²) in [5.74, 6) is -0.365. The van der Waals surface area contributed by atoms with Gasteiger partial charge in [0.05, 0.1) is 25.9 Å². The number of hydrogen-bond donors (Lipinski definition) is 1. The smallest absolute Gasteiger partial charge is 0.195 e. The van der Waals surface area contributed by atoms with Crippen LogP contribution in [0.25, 0.3) is 0 Å². The van der Waals surface area contributed by atoms with Crippen molar-refractivity contribution in [1.29, 1.82) is 0 Å². The van der Waals surface area contributed by atoms with Crippen LogP contribution < -0.4 is 4.74 Å². The Labute approximate surface area is 88.4 Å². The summed E-state index contributed by atoms with van der Waals surface area (Å²) >= 11 is 0. The number of methoxy groups -OCH3 is 1. The lowest BCUT2D eigenvalue weighted by atomic mass is 10.1. The molecule has 1 heterocycles. The van der Waals surface area contributed by atoms with Crippen LogP contribution in [-0.4, -0.2) is 25.4 Å². The van der Waals surface area contributed by atoms with E-state index in [9.17, 15) is 5.11 Å². The number of phenolic OH excluding ortho intramolecular Hbond substituents is 1. The van der Waals surface area contributed by atoms with Crippen LogP contribution in [0, 0.1) is 0 Å². The molecular weight excluding hydrogens is 196 g/mol. The first-order valence-electron chi connectivity index (χ1n) is 4.82. The van der Waals surface area contributed by atoms with Gasteiger partial charge in [-0.2, -0.15) is 0 Å². The van der Waals surface area contributed by atoms with Crippen molar-refractivity contribution in [3.63, 3.8) is 0 Å². The summed E-state index contributed by atoms with van der Waals surface area (Å²) < 4.78 is 16.0. The molecule has 0 aromatic heterocycles. The first-order chi connectivity index (χ1) is 7.17. The van der Waals surface area contributed by atoms with E-state index in [1.807, 2.05) is 0 Å². The normalized spacial score (nSPS) is 19.1. The van der Waals surface area contributed by atoms with Crippen LogP contribution in [0.4, 0.5) is 0 Å². The number of rotatable bonds is 2. The van der Waals surface area contributed by atoms with Crippen molar-refractivity contribution in [2.45, 2.75) is 12.7 Å². The molecule has 1 aliphatic rings. The van der Waals surface area contributed by atoms with Gasteiger partial charge in [0.1, 0.15) is 0 Å². The van der Waals surface area contributed by atoms with E-state index in [0.29, 0.717) is 24.5 Å². The van der Waals surface area contributed by atoms with Gasteiger partial charge in [0.15, 0.2) is 17.3 Å². The maximum absolute atomic E-state index is 9.93. The predicted octanol–water partition coefficient (Wildman–Crippen LogP) is 1.62. The molecule has 0 atom stereocenters. The van der Waals surface area contributed by atoms with E-state index in [2.05, 4.69) is 0 Å². The highest BCUT2D eigenvalue weighted by atomic mass is 16.7. The Morgan fingerprint density at radius 2 is 2.00 bits per heavy atom. The Hall–Kier alpha value is -1.26. The second kappa shape index (κ2) is 3.72. The van der Waals surface area contributed by atoms with Crippen molar-refractivity contribution < 1.29 is 19.3 Å². The number of hydrogen-bond acceptors (Lipinski definition) is 4. The molecule has 1 N–H and O–H groups in total. The first kappa shape index (κ1) is 10.3. The molecule has 2 rings (SSSR count). The van der Waals surface area contributed by atoms with E-state index >= 15 is 0 Å². The summed E-state index contributed by atoms with van der Waals surface area (Å²) in [6.45, 7) is 2.86. The molecule has 0 spiro atoms. The van der Waals surface area contributed by atoms with Crippen molar-refractivity contribution in [3.05, 3.63) is 23.8 Å². The van der Waals surface area contributed by atoms with Crippen LogP contribution in [0.2, 0.25) is 0 Å². The van der Waals surface area contributed by atoms with Crippen LogP contribution in [0.15, 0.2) is 18.2 Å². The molecule has 1 saturated heterocycles. The molecule has 0 unspecified atom stereocenters. The van der Waals surface area contributed by atoms with Crippen molar-refractivity contribution in [2.75, 3.05) is 20.3 Å². The molecular formula is C11H14O4. The van der Waals surface area contributed by atoms with Gasteiger partial charge in [-0.1, -0.05) is 6.07 Å². The molecule has 82 valence electrons. The summed E-state index contributed by atoms with van der Waals surface area (Å²) in [7, 11) is 1.51. The zero-order valence-corrected chi connectivity index (χ0v) is 8.82. The lowest BCUT2D eigenvalue weighted by molar-refractivity contribution is -0.150. The lowest BCUT2D eigenvalue weighted by Gasteiger charge is -2.24. The maximum Gasteiger partial charge on any atom is 0.195 e. The predicted molar refractivity (Wildman–Crippen MR) is 53.9 cm³/mol. The molecule has 0 radical (unpaired) electrons. The number of para-hydroxylation sites is 1. The van der Waals surface area contributed by atoms with E-state index in [1.54, 1.807) is 25.1 Å². The van der Waals surface area contributed by atoms with Crippen LogP contribution in [0.5, 0.6) is 11.5 Å².